The molecule has 2 N–H and O–H groups in total. The van der Waals surface area contributed by atoms with Crippen LogP contribution in [0.25, 0.3) is 0 Å². The van der Waals surface area contributed by atoms with Crippen molar-refractivity contribution in [3.63, 3.8) is 0 Å². The number of benzene rings is 1. The summed E-state index contributed by atoms with van der Waals surface area (Å²) in [6.45, 7) is 0.773. The zero-order valence-corrected chi connectivity index (χ0v) is 18.0. The van der Waals surface area contributed by atoms with Crippen LogP contribution in [0.3, 0.4) is 0 Å². The lowest BCUT2D eigenvalue weighted by Gasteiger charge is -2.13. The van der Waals surface area contributed by atoms with E-state index in [9.17, 15) is 13.2 Å². The number of nitrogens with one attached hydrogen (secondary N) is 2. The number of halogens is 4. The van der Waals surface area contributed by atoms with E-state index >= 15 is 0 Å². The molecule has 1 heterocycles. The van der Waals surface area contributed by atoms with Crippen molar-refractivity contribution in [3.05, 3.63) is 34.6 Å². The Kier molecular flexibility index (Phi) is 6.97. The molecule has 0 spiro atoms. The fourth-order valence-corrected chi connectivity index (χ4v) is 3.69. The number of hydrogen-bond donors (Lipinski definition) is 2. The van der Waals surface area contributed by atoms with E-state index in [0.29, 0.717) is 41.8 Å². The number of aryl methyl sites for hydroxylation is 1. The van der Waals surface area contributed by atoms with Gasteiger partial charge in [-0.1, -0.05) is 11.6 Å². The van der Waals surface area contributed by atoms with Crippen molar-refractivity contribution >= 4 is 34.6 Å². The number of aromatic nitrogens is 2. The Morgan fingerprint density at radius 2 is 1.97 bits per heavy atom. The Morgan fingerprint density at radius 1 is 1.27 bits per heavy atom. The van der Waals surface area contributed by atoms with Crippen LogP contribution in [0.5, 0.6) is 11.5 Å². The molecule has 1 aromatic heterocycles. The summed E-state index contributed by atoms with van der Waals surface area (Å²) in [6, 6.07) is 5.30. The van der Waals surface area contributed by atoms with Gasteiger partial charge >= 0.3 is 6.18 Å². The summed E-state index contributed by atoms with van der Waals surface area (Å²) in [5.74, 6) is 1.22. The maximum Gasteiger partial charge on any atom is 0.436 e. The van der Waals surface area contributed by atoms with E-state index in [4.69, 9.17) is 33.3 Å². The third-order valence-corrected chi connectivity index (χ3v) is 5.26. The van der Waals surface area contributed by atoms with Crippen LogP contribution >= 0.6 is 23.8 Å². The second-order valence-electron chi connectivity index (χ2n) is 6.85. The lowest BCUT2D eigenvalue weighted by atomic mass is 10.2. The largest absolute Gasteiger partial charge is 0.493 e. The second kappa shape index (κ2) is 9.30. The van der Waals surface area contributed by atoms with Gasteiger partial charge in [-0.15, -0.1) is 0 Å². The number of methoxy groups -OCH3 is 2. The summed E-state index contributed by atoms with van der Waals surface area (Å²) in [4.78, 5) is 0. The molecule has 0 radical (unpaired) electrons. The standard InChI is InChI=1S/C19H22ClF3N4O2S/c1-28-13-7-6-12(10-14(13)29-2)25-18(30)24-8-3-9-27-16(11-4-5-11)15(20)17(26-27)19(21,22)23/h6-7,10-11H,3-5,8-9H2,1-2H3,(H2,24,25,30). The zero-order chi connectivity index (χ0) is 21.9. The van der Waals surface area contributed by atoms with Crippen LogP contribution in [-0.4, -0.2) is 35.7 Å². The second-order valence-corrected chi connectivity index (χ2v) is 7.63. The van der Waals surface area contributed by atoms with Gasteiger partial charge < -0.3 is 20.1 Å². The van der Waals surface area contributed by atoms with Gasteiger partial charge in [-0.05, 0) is 43.6 Å². The van der Waals surface area contributed by atoms with E-state index in [1.165, 1.54) is 4.68 Å². The summed E-state index contributed by atoms with van der Waals surface area (Å²) in [5.41, 5.74) is 0.189. The van der Waals surface area contributed by atoms with Crippen molar-refractivity contribution in [3.8, 4) is 11.5 Å². The monoisotopic (exact) mass is 462 g/mol. The van der Waals surface area contributed by atoms with Gasteiger partial charge in [0, 0.05) is 30.8 Å². The quantitative estimate of drug-likeness (QED) is 0.433. The summed E-state index contributed by atoms with van der Waals surface area (Å²) >= 11 is 11.3. The number of ether oxygens (including phenoxy) is 2. The Bertz CT molecular complexity index is 916. The minimum Gasteiger partial charge on any atom is -0.493 e. The van der Waals surface area contributed by atoms with Gasteiger partial charge in [-0.3, -0.25) is 4.68 Å². The third-order valence-electron chi connectivity index (χ3n) is 4.64. The third kappa shape index (κ3) is 5.28. The van der Waals surface area contributed by atoms with Gasteiger partial charge in [0.1, 0.15) is 0 Å². The fourth-order valence-electron chi connectivity index (χ4n) is 3.07. The molecule has 6 nitrogen and oxygen atoms in total. The van der Waals surface area contributed by atoms with Crippen LogP contribution in [0.1, 0.15) is 36.6 Å². The average molecular weight is 463 g/mol. The highest BCUT2D eigenvalue weighted by molar-refractivity contribution is 7.80. The minimum absolute atomic E-state index is 0.0573. The molecule has 1 aliphatic carbocycles. The van der Waals surface area contributed by atoms with E-state index < -0.39 is 11.9 Å². The molecule has 11 heteroatoms. The molecule has 1 saturated carbocycles. The van der Waals surface area contributed by atoms with Crippen LogP contribution in [-0.2, 0) is 12.7 Å². The van der Waals surface area contributed by atoms with Gasteiger partial charge in [0.15, 0.2) is 22.3 Å². The first-order chi connectivity index (χ1) is 14.2. The molecule has 30 heavy (non-hydrogen) atoms. The first-order valence-corrected chi connectivity index (χ1v) is 10.1. The lowest BCUT2D eigenvalue weighted by molar-refractivity contribution is -0.141. The SMILES string of the molecule is COc1ccc(NC(=S)NCCCn2nc(C(F)(F)F)c(Cl)c2C2CC2)cc1OC. The summed E-state index contributed by atoms with van der Waals surface area (Å²) < 4.78 is 51.2. The van der Waals surface area contributed by atoms with Crippen molar-refractivity contribution in [1.82, 2.24) is 15.1 Å². The van der Waals surface area contributed by atoms with Crippen LogP contribution in [0.4, 0.5) is 18.9 Å². The molecule has 1 aliphatic rings. The molecule has 0 unspecified atom stereocenters. The molecule has 0 saturated heterocycles. The summed E-state index contributed by atoms with van der Waals surface area (Å²) in [7, 11) is 3.09. The molecule has 0 bridgehead atoms. The van der Waals surface area contributed by atoms with Gasteiger partial charge in [-0.25, -0.2) is 0 Å². The van der Waals surface area contributed by atoms with Crippen LogP contribution in [0.15, 0.2) is 18.2 Å². The first kappa shape index (κ1) is 22.5. The molecule has 0 aliphatic heterocycles. The van der Waals surface area contributed by atoms with Crippen LogP contribution < -0.4 is 20.1 Å². The topological polar surface area (TPSA) is 60.3 Å². The predicted octanol–water partition coefficient (Wildman–Crippen LogP) is 4.83. The molecular weight excluding hydrogens is 441 g/mol. The number of thiocarbonyl (C=S) groups is 1. The maximum atomic E-state index is 13.1. The molecule has 2 aromatic rings. The highest BCUT2D eigenvalue weighted by atomic mass is 35.5. The zero-order valence-electron chi connectivity index (χ0n) is 16.5. The maximum absolute atomic E-state index is 13.1. The molecule has 0 amide bonds. The lowest BCUT2D eigenvalue weighted by Crippen LogP contribution is -2.30. The van der Waals surface area contributed by atoms with Gasteiger partial charge in [0.25, 0.3) is 0 Å². The Labute approximate surface area is 182 Å². The van der Waals surface area contributed by atoms with Crippen molar-refractivity contribution in [2.75, 3.05) is 26.1 Å². The number of anilines is 1. The van der Waals surface area contributed by atoms with E-state index in [0.717, 1.165) is 18.5 Å². The smallest absolute Gasteiger partial charge is 0.436 e. The Hall–Kier alpha value is -2.20. The average Bonchev–Trinajstić information content (AvgIpc) is 3.47. The van der Waals surface area contributed by atoms with Gasteiger partial charge in [0.2, 0.25) is 0 Å². The molecule has 1 fully saturated rings. The number of alkyl halides is 3. The number of rotatable bonds is 8. The fraction of sp³-hybridized carbons (Fsp3) is 0.474. The van der Waals surface area contributed by atoms with E-state index in [1.54, 1.807) is 32.4 Å². The highest BCUT2D eigenvalue weighted by Crippen LogP contribution is 2.46. The number of hydrogen-bond acceptors (Lipinski definition) is 4. The molecule has 0 atom stereocenters. The van der Waals surface area contributed by atoms with Crippen molar-refractivity contribution in [2.24, 2.45) is 0 Å². The normalized spacial score (nSPS) is 13.8. The molecule has 1 aromatic carbocycles. The van der Waals surface area contributed by atoms with Gasteiger partial charge in [0.05, 0.1) is 24.9 Å². The summed E-state index contributed by atoms with van der Waals surface area (Å²) in [5, 5.41) is 9.90. The van der Waals surface area contributed by atoms with Crippen molar-refractivity contribution < 1.29 is 22.6 Å². The Morgan fingerprint density at radius 3 is 2.57 bits per heavy atom. The predicted molar refractivity (Wildman–Crippen MR) is 113 cm³/mol. The van der Waals surface area contributed by atoms with E-state index in [1.807, 2.05) is 0 Å². The molecule has 164 valence electrons. The molecule has 3 rings (SSSR count). The van der Waals surface area contributed by atoms with E-state index in [-0.39, 0.29) is 10.9 Å². The molecular formula is C19H22ClF3N4O2S. The Balaban J connectivity index is 1.53. The van der Waals surface area contributed by atoms with Crippen LogP contribution in [0, 0.1) is 0 Å². The highest BCUT2D eigenvalue weighted by Gasteiger charge is 2.41. The van der Waals surface area contributed by atoms with Crippen molar-refractivity contribution in [2.45, 2.75) is 37.9 Å². The summed E-state index contributed by atoms with van der Waals surface area (Å²) in [6.07, 6.45) is -2.36. The van der Waals surface area contributed by atoms with Gasteiger partial charge in [-0.2, -0.15) is 18.3 Å². The first-order valence-electron chi connectivity index (χ1n) is 9.34. The number of nitrogens with zero attached hydrogens (tertiary/aromatic N) is 2. The van der Waals surface area contributed by atoms with Crippen molar-refractivity contribution in [1.29, 1.82) is 0 Å². The van der Waals surface area contributed by atoms with E-state index in [2.05, 4.69) is 15.7 Å². The van der Waals surface area contributed by atoms with Crippen LogP contribution in [0.2, 0.25) is 5.02 Å². The minimum atomic E-state index is -4.56.